The molecule has 88 valence electrons. The van der Waals surface area contributed by atoms with Gasteiger partial charge in [0.25, 0.3) is 0 Å². The third-order valence-electron chi connectivity index (χ3n) is 3.33. The molecule has 1 N–H and O–H groups in total. The number of rotatable bonds is 5. The van der Waals surface area contributed by atoms with Crippen molar-refractivity contribution >= 4 is 15.9 Å². The lowest BCUT2D eigenvalue weighted by molar-refractivity contribution is 0.412. The summed E-state index contributed by atoms with van der Waals surface area (Å²) in [7, 11) is 3.74. The average Bonchev–Trinajstić information content (AvgIpc) is 3.02. The first-order chi connectivity index (χ1) is 7.69. The SMILES string of the molecule is CNCC1(Cc2cc(OC)ccc2Br)CC1. The van der Waals surface area contributed by atoms with Crippen LogP contribution in [-0.4, -0.2) is 20.7 Å². The van der Waals surface area contributed by atoms with E-state index in [1.165, 1.54) is 22.9 Å². The molecule has 0 saturated heterocycles. The minimum atomic E-state index is 0.490. The summed E-state index contributed by atoms with van der Waals surface area (Å²) in [6, 6.07) is 6.20. The van der Waals surface area contributed by atoms with Crippen molar-refractivity contribution in [3.05, 3.63) is 28.2 Å². The first-order valence-electron chi connectivity index (χ1n) is 5.66. The molecular formula is C13H18BrNO. The zero-order chi connectivity index (χ0) is 11.6. The highest BCUT2D eigenvalue weighted by atomic mass is 79.9. The van der Waals surface area contributed by atoms with Crippen molar-refractivity contribution in [1.29, 1.82) is 0 Å². The molecule has 1 fully saturated rings. The molecule has 3 heteroatoms. The van der Waals surface area contributed by atoms with Gasteiger partial charge in [0.2, 0.25) is 0 Å². The Labute approximate surface area is 106 Å². The second kappa shape index (κ2) is 4.76. The fraction of sp³-hybridized carbons (Fsp3) is 0.538. The number of halogens is 1. The molecule has 0 radical (unpaired) electrons. The van der Waals surface area contributed by atoms with E-state index in [1.807, 2.05) is 13.1 Å². The molecule has 1 aromatic carbocycles. The molecule has 0 atom stereocenters. The van der Waals surface area contributed by atoms with E-state index in [4.69, 9.17) is 4.74 Å². The summed E-state index contributed by atoms with van der Waals surface area (Å²) < 4.78 is 6.46. The lowest BCUT2D eigenvalue weighted by atomic mass is 9.96. The van der Waals surface area contributed by atoms with Crippen molar-refractivity contribution in [2.24, 2.45) is 5.41 Å². The van der Waals surface area contributed by atoms with Crippen LogP contribution >= 0.6 is 15.9 Å². The topological polar surface area (TPSA) is 21.3 Å². The Balaban J connectivity index is 2.14. The molecule has 16 heavy (non-hydrogen) atoms. The monoisotopic (exact) mass is 283 g/mol. The maximum absolute atomic E-state index is 5.27. The normalized spacial score (nSPS) is 17.2. The van der Waals surface area contributed by atoms with E-state index in [0.29, 0.717) is 5.41 Å². The summed E-state index contributed by atoms with van der Waals surface area (Å²) in [5.74, 6) is 0.943. The van der Waals surface area contributed by atoms with E-state index in [2.05, 4.69) is 33.4 Å². The van der Waals surface area contributed by atoms with Crippen molar-refractivity contribution in [2.45, 2.75) is 19.3 Å². The van der Waals surface area contributed by atoms with Crippen LogP contribution in [0.4, 0.5) is 0 Å². The molecule has 0 aromatic heterocycles. The van der Waals surface area contributed by atoms with Gasteiger partial charge in [-0.05, 0) is 55.5 Å². The molecule has 1 aliphatic carbocycles. The maximum Gasteiger partial charge on any atom is 0.119 e. The molecule has 0 aliphatic heterocycles. The van der Waals surface area contributed by atoms with Crippen molar-refractivity contribution in [2.75, 3.05) is 20.7 Å². The Kier molecular flexibility index (Phi) is 3.55. The Morgan fingerprint density at radius 2 is 2.19 bits per heavy atom. The van der Waals surface area contributed by atoms with E-state index in [1.54, 1.807) is 7.11 Å². The van der Waals surface area contributed by atoms with Crippen molar-refractivity contribution in [3.63, 3.8) is 0 Å². The van der Waals surface area contributed by atoms with Gasteiger partial charge in [0.05, 0.1) is 7.11 Å². The van der Waals surface area contributed by atoms with Crippen LogP contribution in [0, 0.1) is 5.41 Å². The van der Waals surface area contributed by atoms with Gasteiger partial charge in [0.1, 0.15) is 5.75 Å². The van der Waals surface area contributed by atoms with Crippen LogP contribution in [0.5, 0.6) is 5.75 Å². The van der Waals surface area contributed by atoms with Crippen LogP contribution in [0.1, 0.15) is 18.4 Å². The van der Waals surface area contributed by atoms with Gasteiger partial charge in [-0.3, -0.25) is 0 Å². The molecule has 2 rings (SSSR count). The van der Waals surface area contributed by atoms with Gasteiger partial charge in [-0.2, -0.15) is 0 Å². The zero-order valence-corrected chi connectivity index (χ0v) is 11.4. The van der Waals surface area contributed by atoms with Crippen LogP contribution in [0.15, 0.2) is 22.7 Å². The number of methoxy groups -OCH3 is 1. The van der Waals surface area contributed by atoms with Crippen molar-refractivity contribution in [1.82, 2.24) is 5.32 Å². The summed E-state index contributed by atoms with van der Waals surface area (Å²) in [5.41, 5.74) is 1.84. The van der Waals surface area contributed by atoms with E-state index < -0.39 is 0 Å². The molecule has 0 amide bonds. The predicted molar refractivity (Wildman–Crippen MR) is 70.0 cm³/mol. The van der Waals surface area contributed by atoms with Crippen LogP contribution in [0.2, 0.25) is 0 Å². The van der Waals surface area contributed by atoms with Gasteiger partial charge < -0.3 is 10.1 Å². The molecule has 1 aromatic rings. The summed E-state index contributed by atoms with van der Waals surface area (Å²) >= 11 is 3.62. The molecule has 2 nitrogen and oxygen atoms in total. The summed E-state index contributed by atoms with van der Waals surface area (Å²) in [5, 5.41) is 3.29. The Bertz CT molecular complexity index is 374. The number of ether oxygens (including phenoxy) is 1. The highest BCUT2D eigenvalue weighted by Crippen LogP contribution is 2.48. The fourth-order valence-electron chi connectivity index (χ4n) is 2.19. The van der Waals surface area contributed by atoms with Crippen molar-refractivity contribution in [3.8, 4) is 5.75 Å². The van der Waals surface area contributed by atoms with Crippen LogP contribution < -0.4 is 10.1 Å². The van der Waals surface area contributed by atoms with E-state index in [0.717, 1.165) is 18.7 Å². The third kappa shape index (κ3) is 2.58. The minimum absolute atomic E-state index is 0.490. The quantitative estimate of drug-likeness (QED) is 0.897. The first kappa shape index (κ1) is 11.9. The molecule has 0 spiro atoms. The standard InChI is InChI=1S/C13H18BrNO/c1-15-9-13(5-6-13)8-10-7-11(16-2)3-4-12(10)14/h3-4,7,15H,5-6,8-9H2,1-2H3. The number of nitrogens with one attached hydrogen (secondary N) is 1. The predicted octanol–water partition coefficient (Wildman–Crippen LogP) is 3.00. The number of hydrogen-bond donors (Lipinski definition) is 1. The Morgan fingerprint density at radius 3 is 2.75 bits per heavy atom. The molecule has 0 bridgehead atoms. The largest absolute Gasteiger partial charge is 0.497 e. The molecule has 0 unspecified atom stereocenters. The zero-order valence-electron chi connectivity index (χ0n) is 9.85. The second-order valence-corrected chi connectivity index (χ2v) is 5.52. The van der Waals surface area contributed by atoms with E-state index in [-0.39, 0.29) is 0 Å². The van der Waals surface area contributed by atoms with Crippen LogP contribution in [0.3, 0.4) is 0 Å². The van der Waals surface area contributed by atoms with Gasteiger partial charge in [0.15, 0.2) is 0 Å². The number of hydrogen-bond acceptors (Lipinski definition) is 2. The van der Waals surface area contributed by atoms with Crippen LogP contribution in [0.25, 0.3) is 0 Å². The van der Waals surface area contributed by atoms with Crippen LogP contribution in [-0.2, 0) is 6.42 Å². The highest BCUT2D eigenvalue weighted by molar-refractivity contribution is 9.10. The maximum atomic E-state index is 5.27. The van der Waals surface area contributed by atoms with Gasteiger partial charge in [-0.25, -0.2) is 0 Å². The summed E-state index contributed by atoms with van der Waals surface area (Å²) in [6.07, 6.45) is 3.79. The summed E-state index contributed by atoms with van der Waals surface area (Å²) in [4.78, 5) is 0. The Hall–Kier alpha value is -0.540. The lowest BCUT2D eigenvalue weighted by Gasteiger charge is -2.16. The van der Waals surface area contributed by atoms with E-state index in [9.17, 15) is 0 Å². The highest BCUT2D eigenvalue weighted by Gasteiger charge is 2.42. The molecule has 1 aliphatic rings. The summed E-state index contributed by atoms with van der Waals surface area (Å²) in [6.45, 7) is 1.11. The van der Waals surface area contributed by atoms with Gasteiger partial charge in [-0.15, -0.1) is 0 Å². The minimum Gasteiger partial charge on any atom is -0.497 e. The Morgan fingerprint density at radius 1 is 1.44 bits per heavy atom. The average molecular weight is 284 g/mol. The molecule has 1 saturated carbocycles. The lowest BCUT2D eigenvalue weighted by Crippen LogP contribution is -2.22. The van der Waals surface area contributed by atoms with Gasteiger partial charge >= 0.3 is 0 Å². The molecule has 0 heterocycles. The van der Waals surface area contributed by atoms with Gasteiger partial charge in [0, 0.05) is 11.0 Å². The second-order valence-electron chi connectivity index (χ2n) is 4.66. The fourth-order valence-corrected chi connectivity index (χ4v) is 2.57. The van der Waals surface area contributed by atoms with E-state index >= 15 is 0 Å². The third-order valence-corrected chi connectivity index (χ3v) is 4.10. The van der Waals surface area contributed by atoms with Gasteiger partial charge in [-0.1, -0.05) is 15.9 Å². The number of benzene rings is 1. The molecular weight excluding hydrogens is 266 g/mol. The smallest absolute Gasteiger partial charge is 0.119 e. The first-order valence-corrected chi connectivity index (χ1v) is 6.45. The van der Waals surface area contributed by atoms with Crippen molar-refractivity contribution < 1.29 is 4.74 Å².